The average Bonchev–Trinajstić information content (AvgIpc) is 3.64. The van der Waals surface area contributed by atoms with Gasteiger partial charge < -0.3 is 4.57 Å². The van der Waals surface area contributed by atoms with Crippen LogP contribution in [0, 0.1) is 6.92 Å². The summed E-state index contributed by atoms with van der Waals surface area (Å²) in [6.07, 6.45) is 4.38. The fourth-order valence-electron chi connectivity index (χ4n) is 6.78. The largest absolute Gasteiger partial charge is 0.309 e. The molecule has 2 aliphatic heterocycles. The first-order chi connectivity index (χ1) is 23.6. The van der Waals surface area contributed by atoms with Gasteiger partial charge in [-0.05, 0) is 76.2 Å². The minimum absolute atomic E-state index is 0.0654. The minimum atomic E-state index is -0.444. The van der Waals surface area contributed by atoms with E-state index in [0.29, 0.717) is 5.69 Å². The fraction of sp³-hybridized carbons (Fsp3) is 0.205. The van der Waals surface area contributed by atoms with Gasteiger partial charge in [-0.15, -0.1) is 11.8 Å². The molecule has 0 N–H and O–H groups in total. The first-order valence-electron chi connectivity index (χ1n) is 18.3. The second kappa shape index (κ2) is 9.21. The van der Waals surface area contributed by atoms with Crippen LogP contribution in [-0.2, 0) is 5.41 Å². The highest BCUT2D eigenvalue weighted by Crippen LogP contribution is 2.50. The SMILES string of the molecule is [2H]c1c([2H])c([2H])c2c(c1[2H])c1c([2H])c([2H])c([2H])c([2H])c1n2-c1ccc2c(c1)SC1C(c3cc(C(C)(C)C)c4ccccc4c3C)=[N+](C)C=CC21. The van der Waals surface area contributed by atoms with E-state index in [2.05, 4.69) is 88.0 Å². The summed E-state index contributed by atoms with van der Waals surface area (Å²) in [4.78, 5) is 1.01. The summed E-state index contributed by atoms with van der Waals surface area (Å²) in [6, 6.07) is 14.0. The third kappa shape index (κ3) is 3.69. The Morgan fingerprint density at radius 3 is 2.19 bits per heavy atom. The first-order valence-corrected chi connectivity index (χ1v) is 15.1. The Labute approximate surface area is 263 Å². The summed E-state index contributed by atoms with van der Waals surface area (Å²) < 4.78 is 72.9. The quantitative estimate of drug-likeness (QED) is 0.188. The van der Waals surface area contributed by atoms with Gasteiger partial charge in [0, 0.05) is 32.8 Å². The van der Waals surface area contributed by atoms with E-state index in [-0.39, 0.29) is 62.6 Å². The van der Waals surface area contributed by atoms with Crippen LogP contribution in [0.1, 0.15) is 59.9 Å². The molecule has 0 aliphatic carbocycles. The molecule has 2 nitrogen and oxygen atoms in total. The van der Waals surface area contributed by atoms with Gasteiger partial charge in [-0.1, -0.05) is 87.4 Å². The predicted molar refractivity (Wildman–Crippen MR) is 180 cm³/mol. The van der Waals surface area contributed by atoms with Crippen molar-refractivity contribution in [3.63, 3.8) is 0 Å². The minimum Gasteiger partial charge on any atom is -0.309 e. The van der Waals surface area contributed by atoms with Gasteiger partial charge in [0.25, 0.3) is 0 Å². The lowest BCUT2D eigenvalue weighted by Gasteiger charge is -2.26. The van der Waals surface area contributed by atoms with Crippen LogP contribution in [0.5, 0.6) is 0 Å². The molecule has 3 heteroatoms. The van der Waals surface area contributed by atoms with Crippen molar-refractivity contribution in [2.24, 2.45) is 0 Å². The lowest BCUT2D eigenvalue weighted by Crippen LogP contribution is -2.32. The lowest BCUT2D eigenvalue weighted by molar-refractivity contribution is -0.424. The molecule has 3 heterocycles. The average molecular weight is 572 g/mol. The second-order valence-electron chi connectivity index (χ2n) is 12.3. The Balaban J connectivity index is 1.34. The van der Waals surface area contributed by atoms with Crippen LogP contribution < -0.4 is 0 Å². The maximum Gasteiger partial charge on any atom is 0.203 e. The van der Waals surface area contributed by atoms with Crippen molar-refractivity contribution in [1.82, 2.24) is 4.57 Å². The molecule has 1 aromatic heterocycles. The van der Waals surface area contributed by atoms with Crippen molar-refractivity contribution in [2.75, 3.05) is 7.05 Å². The van der Waals surface area contributed by atoms with E-state index in [4.69, 9.17) is 11.0 Å². The van der Waals surface area contributed by atoms with Crippen LogP contribution in [0.25, 0.3) is 38.3 Å². The van der Waals surface area contributed by atoms with Crippen molar-refractivity contribution in [1.29, 1.82) is 0 Å². The topological polar surface area (TPSA) is 7.94 Å². The number of allylic oxidation sites excluding steroid dienone is 1. The predicted octanol–water partition coefficient (Wildman–Crippen LogP) is 9.76. The summed E-state index contributed by atoms with van der Waals surface area (Å²) >= 11 is 1.76. The Morgan fingerprint density at radius 2 is 1.50 bits per heavy atom. The monoisotopic (exact) mass is 571 g/mol. The Bertz CT molecular complexity index is 2500. The molecular formula is C39H35N2S+. The summed E-state index contributed by atoms with van der Waals surface area (Å²) in [5, 5.41) is 2.74. The van der Waals surface area contributed by atoms with Crippen LogP contribution in [0.15, 0.2) is 114 Å². The highest BCUT2D eigenvalue weighted by Gasteiger charge is 2.43. The van der Waals surface area contributed by atoms with Crippen LogP contribution in [0.3, 0.4) is 0 Å². The number of para-hydroxylation sites is 2. The van der Waals surface area contributed by atoms with Crippen LogP contribution in [0.2, 0.25) is 0 Å². The van der Waals surface area contributed by atoms with Gasteiger partial charge in [-0.2, -0.15) is 0 Å². The molecule has 2 atom stereocenters. The molecule has 0 spiro atoms. The molecule has 8 rings (SSSR count). The van der Waals surface area contributed by atoms with Crippen molar-refractivity contribution < 1.29 is 15.5 Å². The molecule has 42 heavy (non-hydrogen) atoms. The van der Waals surface area contributed by atoms with Gasteiger partial charge in [0.05, 0.1) is 22.0 Å². The molecule has 0 fully saturated rings. The summed E-state index contributed by atoms with van der Waals surface area (Å²) in [5.41, 5.74) is 6.86. The summed E-state index contributed by atoms with van der Waals surface area (Å²) in [6.45, 7) is 8.96. The van der Waals surface area contributed by atoms with Crippen LogP contribution in [0.4, 0.5) is 0 Å². The van der Waals surface area contributed by atoms with Gasteiger partial charge in [0.2, 0.25) is 5.71 Å². The van der Waals surface area contributed by atoms with Gasteiger partial charge in [-0.3, -0.25) is 0 Å². The van der Waals surface area contributed by atoms with E-state index in [1.54, 1.807) is 16.3 Å². The van der Waals surface area contributed by atoms with E-state index in [9.17, 15) is 0 Å². The Hall–Kier alpha value is -4.08. The molecule has 206 valence electrons. The second-order valence-corrected chi connectivity index (χ2v) is 13.5. The summed E-state index contributed by atoms with van der Waals surface area (Å²) in [7, 11) is 2.10. The third-order valence-electron chi connectivity index (χ3n) is 8.79. The number of aryl methyl sites for hydroxylation is 1. The number of nitrogens with zero attached hydrogens (tertiary/aromatic N) is 2. The molecule has 6 aromatic rings. The fourth-order valence-corrected chi connectivity index (χ4v) is 8.37. The van der Waals surface area contributed by atoms with Crippen LogP contribution >= 0.6 is 11.8 Å². The zero-order valence-corrected chi connectivity index (χ0v) is 25.0. The Morgan fingerprint density at radius 1 is 0.833 bits per heavy atom. The van der Waals surface area contributed by atoms with E-state index in [1.165, 1.54) is 33.2 Å². The lowest BCUT2D eigenvalue weighted by atomic mass is 9.79. The number of thioether (sulfide) groups is 1. The van der Waals surface area contributed by atoms with Gasteiger partial charge in [0.15, 0.2) is 6.20 Å². The number of aromatic nitrogens is 1. The number of hydrogen-bond donors (Lipinski definition) is 0. The van der Waals surface area contributed by atoms with E-state index < -0.39 is 24.2 Å². The molecule has 0 amide bonds. The number of fused-ring (bicyclic) bond motifs is 7. The molecular weight excluding hydrogens is 529 g/mol. The highest BCUT2D eigenvalue weighted by atomic mass is 32.2. The van der Waals surface area contributed by atoms with Crippen LogP contribution in [-0.4, -0.2) is 27.2 Å². The number of hydrogen-bond acceptors (Lipinski definition) is 1. The zero-order valence-electron chi connectivity index (χ0n) is 32.2. The van der Waals surface area contributed by atoms with Gasteiger partial charge in [-0.25, -0.2) is 4.58 Å². The molecule has 0 radical (unpaired) electrons. The Kier molecular flexibility index (Phi) is 4.05. The molecule has 5 aromatic carbocycles. The number of benzene rings is 5. The van der Waals surface area contributed by atoms with E-state index >= 15 is 0 Å². The van der Waals surface area contributed by atoms with Gasteiger partial charge in [0.1, 0.15) is 12.3 Å². The first kappa shape index (κ1) is 18.5. The molecule has 0 saturated heterocycles. The molecule has 2 unspecified atom stereocenters. The maximum atomic E-state index is 8.91. The normalized spacial score (nSPS) is 21.0. The van der Waals surface area contributed by atoms with Gasteiger partial charge >= 0.3 is 0 Å². The van der Waals surface area contributed by atoms with E-state index in [0.717, 1.165) is 10.5 Å². The van der Waals surface area contributed by atoms with Crippen molar-refractivity contribution in [2.45, 2.75) is 49.2 Å². The molecule has 0 bridgehead atoms. The maximum absolute atomic E-state index is 8.91. The standard InChI is InChI=1S/C39H35N2S/c1-24-26-12-6-7-13-27(26)33(39(2,3)4)23-32(24)37-38-31(20-21-40(37)5)30-19-18-25(22-36(30)42-38)41-34-16-10-8-14-28(34)29-15-9-11-17-35(29)41/h6-23,31,38H,1-5H3/q+1/i8D,9D,10D,11D,14D,15D,16D,17D. The number of rotatable bonds is 2. The zero-order chi connectivity index (χ0) is 35.7. The van der Waals surface area contributed by atoms with E-state index in [1.807, 2.05) is 12.1 Å². The third-order valence-corrected chi connectivity index (χ3v) is 10.2. The van der Waals surface area contributed by atoms with Crippen molar-refractivity contribution in [3.8, 4) is 5.69 Å². The summed E-state index contributed by atoms with van der Waals surface area (Å²) in [5.74, 6) is 0.0898. The smallest absolute Gasteiger partial charge is 0.203 e. The van der Waals surface area contributed by atoms with Crippen molar-refractivity contribution >= 4 is 50.1 Å². The molecule has 2 aliphatic rings. The molecule has 0 saturated carbocycles. The highest BCUT2D eigenvalue weighted by molar-refractivity contribution is 8.01. The van der Waals surface area contributed by atoms with Crippen molar-refractivity contribution in [3.05, 3.63) is 131 Å².